The van der Waals surface area contributed by atoms with Crippen molar-refractivity contribution in [3.05, 3.63) is 13.2 Å². The molecule has 0 aliphatic carbocycles. The summed E-state index contributed by atoms with van der Waals surface area (Å²) in [7, 11) is 2.49. The Morgan fingerprint density at radius 2 is 1.88 bits per heavy atom. The first-order valence-electron chi connectivity index (χ1n) is 2.39. The van der Waals surface area contributed by atoms with Crippen LogP contribution in [-0.2, 0) is 9.16 Å². The zero-order valence-electron chi connectivity index (χ0n) is 5.64. The van der Waals surface area contributed by atoms with Crippen LogP contribution in [0.1, 0.15) is 0 Å². The maximum atomic E-state index is 4.80. The highest BCUT2D eigenvalue weighted by Crippen LogP contribution is 1.64. The Labute approximate surface area is 54.0 Å². The fourth-order valence-electron chi connectivity index (χ4n) is 0.167. The molecule has 0 saturated carbocycles. The third-order valence-electron chi connectivity index (χ3n) is 0.492. The van der Waals surface area contributed by atoms with Gasteiger partial charge in [-0.15, -0.1) is 13.2 Å². The molecule has 0 aliphatic rings. The third kappa shape index (κ3) is 16.9. The van der Waals surface area contributed by atoms with Crippen LogP contribution in [0.3, 0.4) is 0 Å². The van der Waals surface area contributed by atoms with Crippen LogP contribution >= 0.6 is 0 Å². The van der Waals surface area contributed by atoms with E-state index in [2.05, 4.69) is 17.9 Å². The minimum Gasteiger partial charge on any atom is -0.426 e. The van der Waals surface area contributed by atoms with Gasteiger partial charge in [0.15, 0.2) is 0 Å². The summed E-state index contributed by atoms with van der Waals surface area (Å²) in [6, 6.07) is 0. The average molecular weight is 134 g/mol. The van der Waals surface area contributed by atoms with Gasteiger partial charge in [0.1, 0.15) is 10.5 Å². The standard InChI is InChI=1S/C3H10O2Si.C2H4/c1-4-2-3-5-6;1-2/h2-3H2,1,6H3;1-2H2. The molecule has 3 heteroatoms. The van der Waals surface area contributed by atoms with Gasteiger partial charge in [0.25, 0.3) is 0 Å². The van der Waals surface area contributed by atoms with E-state index in [4.69, 9.17) is 4.43 Å². The van der Waals surface area contributed by atoms with Crippen molar-refractivity contribution in [3.63, 3.8) is 0 Å². The Morgan fingerprint density at radius 1 is 1.38 bits per heavy atom. The maximum absolute atomic E-state index is 4.80. The van der Waals surface area contributed by atoms with Crippen LogP contribution in [0.4, 0.5) is 0 Å². The van der Waals surface area contributed by atoms with Crippen LogP contribution in [-0.4, -0.2) is 30.8 Å². The Bertz CT molecular complexity index is 29.6. The molecule has 0 bridgehead atoms. The summed E-state index contributed by atoms with van der Waals surface area (Å²) in [5.74, 6) is 0. The van der Waals surface area contributed by atoms with E-state index < -0.39 is 0 Å². The molecule has 0 radical (unpaired) electrons. The zero-order chi connectivity index (χ0) is 6.83. The van der Waals surface area contributed by atoms with Crippen LogP contribution in [0.2, 0.25) is 0 Å². The Kier molecular flexibility index (Phi) is 21.3. The Balaban J connectivity index is 0. The van der Waals surface area contributed by atoms with E-state index in [1.807, 2.05) is 0 Å². The Morgan fingerprint density at radius 3 is 2.00 bits per heavy atom. The largest absolute Gasteiger partial charge is 0.426 e. The van der Waals surface area contributed by atoms with Crippen LogP contribution in [0.5, 0.6) is 0 Å². The van der Waals surface area contributed by atoms with Crippen molar-refractivity contribution >= 4 is 10.5 Å². The van der Waals surface area contributed by atoms with Crippen LogP contribution in [0, 0.1) is 0 Å². The number of rotatable bonds is 3. The van der Waals surface area contributed by atoms with Gasteiger partial charge in [0, 0.05) is 7.11 Å². The lowest BCUT2D eigenvalue weighted by Crippen LogP contribution is -1.97. The quantitative estimate of drug-likeness (QED) is 0.300. The van der Waals surface area contributed by atoms with Gasteiger partial charge >= 0.3 is 0 Å². The number of hydrogen-bond acceptors (Lipinski definition) is 2. The number of methoxy groups -OCH3 is 1. The fourth-order valence-corrected chi connectivity index (χ4v) is 0.333. The maximum Gasteiger partial charge on any atom is 0.146 e. The molecule has 0 heterocycles. The lowest BCUT2D eigenvalue weighted by molar-refractivity contribution is 0.152. The highest BCUT2D eigenvalue weighted by Gasteiger charge is 1.73. The Hall–Kier alpha value is -0.123. The van der Waals surface area contributed by atoms with Gasteiger partial charge in [-0.2, -0.15) is 0 Å². The van der Waals surface area contributed by atoms with E-state index in [-0.39, 0.29) is 0 Å². The van der Waals surface area contributed by atoms with Gasteiger partial charge in [-0.1, -0.05) is 0 Å². The van der Waals surface area contributed by atoms with E-state index in [0.717, 1.165) is 23.7 Å². The second-order valence-electron chi connectivity index (χ2n) is 0.986. The summed E-state index contributed by atoms with van der Waals surface area (Å²) in [5, 5.41) is 0. The highest BCUT2D eigenvalue weighted by atomic mass is 28.2. The molecule has 0 N–H and O–H groups in total. The molecular formula is C5H14O2Si. The van der Waals surface area contributed by atoms with Gasteiger partial charge < -0.3 is 9.16 Å². The van der Waals surface area contributed by atoms with E-state index in [9.17, 15) is 0 Å². The second-order valence-corrected chi connectivity index (χ2v) is 1.56. The second kappa shape index (κ2) is 15.8. The van der Waals surface area contributed by atoms with Crippen molar-refractivity contribution in [1.29, 1.82) is 0 Å². The summed E-state index contributed by atoms with van der Waals surface area (Å²) in [5.41, 5.74) is 0. The lowest BCUT2D eigenvalue weighted by atomic mass is 10.8. The summed E-state index contributed by atoms with van der Waals surface area (Å²) >= 11 is 0. The molecule has 0 atom stereocenters. The van der Waals surface area contributed by atoms with Crippen molar-refractivity contribution in [3.8, 4) is 0 Å². The van der Waals surface area contributed by atoms with Crippen LogP contribution in [0.25, 0.3) is 0 Å². The molecule has 0 aromatic heterocycles. The first-order chi connectivity index (χ1) is 3.91. The molecule has 8 heavy (non-hydrogen) atoms. The molecule has 0 rings (SSSR count). The van der Waals surface area contributed by atoms with Crippen molar-refractivity contribution in [2.24, 2.45) is 0 Å². The first-order valence-corrected chi connectivity index (χ1v) is 3.21. The van der Waals surface area contributed by atoms with Gasteiger partial charge in [0.2, 0.25) is 0 Å². The molecule has 0 saturated heterocycles. The minimum atomic E-state index is 0.726. The summed E-state index contributed by atoms with van der Waals surface area (Å²) in [4.78, 5) is 0. The molecule has 0 aromatic carbocycles. The first kappa shape index (κ1) is 10.8. The molecule has 0 aromatic rings. The van der Waals surface area contributed by atoms with Crippen LogP contribution < -0.4 is 0 Å². The van der Waals surface area contributed by atoms with Gasteiger partial charge in [-0.05, 0) is 0 Å². The fraction of sp³-hybridized carbons (Fsp3) is 0.600. The summed E-state index contributed by atoms with van der Waals surface area (Å²) in [6.45, 7) is 7.48. The number of hydrogen-bond donors (Lipinski definition) is 0. The smallest absolute Gasteiger partial charge is 0.146 e. The molecular weight excluding hydrogens is 120 g/mol. The molecule has 2 nitrogen and oxygen atoms in total. The summed E-state index contributed by atoms with van der Waals surface area (Å²) < 4.78 is 9.48. The monoisotopic (exact) mass is 134 g/mol. The molecule has 0 amide bonds. The van der Waals surface area contributed by atoms with Gasteiger partial charge in [0.05, 0.1) is 13.2 Å². The minimum absolute atomic E-state index is 0.726. The van der Waals surface area contributed by atoms with E-state index in [1.165, 1.54) is 0 Å². The molecule has 0 unspecified atom stereocenters. The van der Waals surface area contributed by atoms with Gasteiger partial charge in [-0.3, -0.25) is 0 Å². The van der Waals surface area contributed by atoms with Crippen LogP contribution in [0.15, 0.2) is 13.2 Å². The van der Waals surface area contributed by atoms with E-state index in [1.54, 1.807) is 7.11 Å². The SMILES string of the molecule is C=C.COCCO[SiH3]. The van der Waals surface area contributed by atoms with Gasteiger partial charge in [-0.25, -0.2) is 0 Å². The predicted octanol–water partition coefficient (Wildman–Crippen LogP) is -0.268. The molecule has 0 fully saturated rings. The highest BCUT2D eigenvalue weighted by molar-refractivity contribution is 5.97. The molecule has 0 aliphatic heterocycles. The predicted molar refractivity (Wildman–Crippen MR) is 39.0 cm³/mol. The zero-order valence-corrected chi connectivity index (χ0v) is 7.64. The normalized spacial score (nSPS) is 7.62. The van der Waals surface area contributed by atoms with Crippen molar-refractivity contribution < 1.29 is 9.16 Å². The molecule has 50 valence electrons. The van der Waals surface area contributed by atoms with Crippen molar-refractivity contribution in [1.82, 2.24) is 0 Å². The number of ether oxygens (including phenoxy) is 1. The topological polar surface area (TPSA) is 18.5 Å². The van der Waals surface area contributed by atoms with Crippen molar-refractivity contribution in [2.45, 2.75) is 0 Å². The lowest BCUT2D eigenvalue weighted by Gasteiger charge is -1.92. The van der Waals surface area contributed by atoms with Crippen molar-refractivity contribution in [2.75, 3.05) is 20.3 Å². The summed E-state index contributed by atoms with van der Waals surface area (Å²) in [6.07, 6.45) is 0. The third-order valence-corrected chi connectivity index (χ3v) is 0.900. The molecule has 0 spiro atoms. The van der Waals surface area contributed by atoms with E-state index >= 15 is 0 Å². The van der Waals surface area contributed by atoms with E-state index in [0.29, 0.717) is 0 Å². The average Bonchev–Trinajstić information content (AvgIpc) is 1.88.